The van der Waals surface area contributed by atoms with Crippen LogP contribution in [-0.2, 0) is 4.74 Å². The number of nitrogens with zero attached hydrogens (tertiary/aromatic N) is 2. The van der Waals surface area contributed by atoms with E-state index in [2.05, 4.69) is 20.5 Å². The topological polar surface area (TPSA) is 87.6 Å². The first-order valence-electron chi connectivity index (χ1n) is 10.3. The molecule has 0 saturated carbocycles. The predicted molar refractivity (Wildman–Crippen MR) is 130 cm³/mol. The third kappa shape index (κ3) is 8.83. The van der Waals surface area contributed by atoms with Gasteiger partial charge in [-0.05, 0) is 37.5 Å². The summed E-state index contributed by atoms with van der Waals surface area (Å²) in [6.07, 6.45) is 1.37. The summed E-state index contributed by atoms with van der Waals surface area (Å²) in [5.41, 5.74) is 0.715. The lowest BCUT2D eigenvalue weighted by Crippen LogP contribution is -2.49. The quantitative estimate of drug-likeness (QED) is 0.240. The van der Waals surface area contributed by atoms with Crippen molar-refractivity contribution < 1.29 is 19.3 Å². The first-order valence-corrected chi connectivity index (χ1v) is 10.3. The monoisotopic (exact) mass is 536 g/mol. The number of hydrogen-bond acceptors (Lipinski definition) is 6. The van der Waals surface area contributed by atoms with Crippen molar-refractivity contribution in [3.05, 3.63) is 23.8 Å². The van der Waals surface area contributed by atoms with Crippen LogP contribution < -0.4 is 20.1 Å². The van der Waals surface area contributed by atoms with Crippen LogP contribution in [0.1, 0.15) is 31.4 Å². The highest BCUT2D eigenvalue weighted by atomic mass is 127. The highest BCUT2D eigenvalue weighted by Crippen LogP contribution is 2.26. The molecule has 1 heterocycles. The smallest absolute Gasteiger partial charge is 0.191 e. The molecule has 0 amide bonds. The minimum atomic E-state index is -0.745. The minimum Gasteiger partial charge on any atom is -0.497 e. The van der Waals surface area contributed by atoms with Crippen molar-refractivity contribution in [1.82, 2.24) is 15.5 Å². The van der Waals surface area contributed by atoms with Gasteiger partial charge in [0.1, 0.15) is 11.5 Å². The molecule has 3 N–H and O–H groups in total. The number of benzene rings is 1. The fraction of sp³-hybridized carbons (Fsp3) is 0.667. The first kappa shape index (κ1) is 26.7. The Hall–Kier alpha value is -1.30. The van der Waals surface area contributed by atoms with E-state index in [-0.39, 0.29) is 30.5 Å². The number of piperidine rings is 1. The van der Waals surface area contributed by atoms with Crippen LogP contribution in [0.4, 0.5) is 0 Å². The van der Waals surface area contributed by atoms with E-state index in [0.717, 1.165) is 51.6 Å². The molecule has 172 valence electrons. The summed E-state index contributed by atoms with van der Waals surface area (Å²) in [5, 5.41) is 17.4. The molecule has 1 unspecified atom stereocenters. The summed E-state index contributed by atoms with van der Waals surface area (Å²) in [4.78, 5) is 7.01. The van der Waals surface area contributed by atoms with E-state index in [1.165, 1.54) is 0 Å². The number of ether oxygens (including phenoxy) is 3. The van der Waals surface area contributed by atoms with E-state index < -0.39 is 6.10 Å². The Morgan fingerprint density at radius 1 is 1.17 bits per heavy atom. The molecule has 9 heteroatoms. The summed E-state index contributed by atoms with van der Waals surface area (Å²) >= 11 is 0. The molecule has 0 aliphatic carbocycles. The number of guanidine groups is 1. The lowest BCUT2D eigenvalue weighted by Gasteiger charge is -2.32. The Bertz CT molecular complexity index is 617. The molecule has 1 fully saturated rings. The minimum absolute atomic E-state index is 0. The van der Waals surface area contributed by atoms with E-state index in [4.69, 9.17) is 14.2 Å². The molecule has 0 bridgehead atoms. The normalized spacial score (nSPS) is 16.5. The first-order chi connectivity index (χ1) is 14.1. The highest BCUT2D eigenvalue weighted by molar-refractivity contribution is 14.0. The zero-order valence-electron chi connectivity index (χ0n) is 18.5. The fourth-order valence-electron chi connectivity index (χ4n) is 3.34. The molecule has 1 aliphatic rings. The largest absolute Gasteiger partial charge is 0.497 e. The van der Waals surface area contributed by atoms with Crippen molar-refractivity contribution in [2.45, 2.75) is 31.9 Å². The van der Waals surface area contributed by atoms with Crippen LogP contribution in [0, 0.1) is 0 Å². The summed E-state index contributed by atoms with van der Waals surface area (Å²) in [6.45, 7) is 6.90. The van der Waals surface area contributed by atoms with E-state index in [1.54, 1.807) is 39.5 Å². The second-order valence-electron chi connectivity index (χ2n) is 7.13. The maximum atomic E-state index is 10.6. The molecule has 1 saturated heterocycles. The second kappa shape index (κ2) is 14.7. The zero-order chi connectivity index (χ0) is 21.1. The van der Waals surface area contributed by atoms with Gasteiger partial charge in [0.15, 0.2) is 5.96 Å². The molecule has 0 aromatic heterocycles. The van der Waals surface area contributed by atoms with Crippen molar-refractivity contribution >= 4 is 29.9 Å². The molecular weight excluding hydrogens is 499 g/mol. The van der Waals surface area contributed by atoms with Gasteiger partial charge in [-0.2, -0.15) is 0 Å². The maximum Gasteiger partial charge on any atom is 0.191 e. The van der Waals surface area contributed by atoms with Crippen LogP contribution >= 0.6 is 24.0 Å². The zero-order valence-corrected chi connectivity index (χ0v) is 20.8. The number of methoxy groups -OCH3 is 3. The van der Waals surface area contributed by atoms with Gasteiger partial charge in [0.05, 0.1) is 33.5 Å². The van der Waals surface area contributed by atoms with Gasteiger partial charge >= 0.3 is 0 Å². The average Bonchev–Trinajstić information content (AvgIpc) is 2.76. The van der Waals surface area contributed by atoms with Crippen LogP contribution in [0.5, 0.6) is 11.5 Å². The lowest BCUT2D eigenvalue weighted by molar-refractivity contribution is 0.128. The molecule has 0 radical (unpaired) electrons. The molecule has 30 heavy (non-hydrogen) atoms. The molecule has 1 atom stereocenters. The van der Waals surface area contributed by atoms with E-state index in [1.807, 2.05) is 6.92 Å². The Kier molecular flexibility index (Phi) is 13.1. The highest BCUT2D eigenvalue weighted by Gasteiger charge is 2.20. The fourth-order valence-corrected chi connectivity index (χ4v) is 3.34. The second-order valence-corrected chi connectivity index (χ2v) is 7.13. The van der Waals surface area contributed by atoms with Crippen molar-refractivity contribution in [3.8, 4) is 11.5 Å². The van der Waals surface area contributed by atoms with Gasteiger partial charge in [-0.3, -0.25) is 4.99 Å². The van der Waals surface area contributed by atoms with Gasteiger partial charge in [0.25, 0.3) is 0 Å². The summed E-state index contributed by atoms with van der Waals surface area (Å²) in [5.74, 6) is 2.03. The molecule has 1 aliphatic heterocycles. The number of aliphatic hydroxyl groups is 1. The van der Waals surface area contributed by atoms with E-state index in [9.17, 15) is 5.11 Å². The lowest BCUT2D eigenvalue weighted by atomic mass is 10.1. The molecule has 1 aromatic rings. The van der Waals surface area contributed by atoms with Crippen molar-refractivity contribution in [1.29, 1.82) is 0 Å². The maximum absolute atomic E-state index is 10.6. The van der Waals surface area contributed by atoms with Gasteiger partial charge < -0.3 is 34.9 Å². The van der Waals surface area contributed by atoms with Gasteiger partial charge in [-0.15, -0.1) is 24.0 Å². The number of aliphatic hydroxyl groups excluding tert-OH is 1. The molecule has 8 nitrogen and oxygen atoms in total. The number of rotatable bonds is 10. The number of nitrogens with one attached hydrogen (secondary N) is 2. The van der Waals surface area contributed by atoms with Crippen LogP contribution in [-0.4, -0.2) is 82.7 Å². The standard InChI is InChI=1S/C21H36N4O4.HI/c1-5-22-21(24-17-6-8-25(9-7-17)10-11-27-2)23-15-20(26)16-12-18(28-3)14-19(13-16)29-4;/h12-14,17,20,26H,5-11,15H2,1-4H3,(H2,22,23,24);1H. The Labute approximate surface area is 197 Å². The van der Waals surface area contributed by atoms with Crippen LogP contribution in [0.3, 0.4) is 0 Å². The number of halogens is 1. The van der Waals surface area contributed by atoms with Crippen LogP contribution in [0.25, 0.3) is 0 Å². The summed E-state index contributed by atoms with van der Waals surface area (Å²) in [7, 11) is 4.93. The van der Waals surface area contributed by atoms with Crippen molar-refractivity contribution in [2.24, 2.45) is 4.99 Å². The third-order valence-corrected chi connectivity index (χ3v) is 5.07. The predicted octanol–water partition coefficient (Wildman–Crippen LogP) is 2.02. The Balaban J connectivity index is 0.00000450. The summed E-state index contributed by atoms with van der Waals surface area (Å²) in [6, 6.07) is 5.77. The number of aliphatic imine (C=N–C) groups is 1. The Morgan fingerprint density at radius 3 is 2.33 bits per heavy atom. The third-order valence-electron chi connectivity index (χ3n) is 5.07. The number of likely N-dealkylation sites (tertiary alicyclic amines) is 1. The molecule has 2 rings (SSSR count). The van der Waals surface area contributed by atoms with Crippen LogP contribution in [0.15, 0.2) is 23.2 Å². The summed E-state index contributed by atoms with van der Waals surface area (Å²) < 4.78 is 15.7. The van der Waals surface area contributed by atoms with Gasteiger partial charge in [-0.25, -0.2) is 0 Å². The van der Waals surface area contributed by atoms with Crippen LogP contribution in [0.2, 0.25) is 0 Å². The van der Waals surface area contributed by atoms with Gasteiger partial charge in [-0.1, -0.05) is 0 Å². The van der Waals surface area contributed by atoms with Gasteiger partial charge in [0.2, 0.25) is 0 Å². The molecular formula is C21H37IN4O4. The van der Waals surface area contributed by atoms with E-state index in [0.29, 0.717) is 23.1 Å². The Morgan fingerprint density at radius 2 is 1.80 bits per heavy atom. The van der Waals surface area contributed by atoms with E-state index >= 15 is 0 Å². The molecule has 0 spiro atoms. The SMILES string of the molecule is CCNC(=NCC(O)c1cc(OC)cc(OC)c1)NC1CCN(CCOC)CC1.I. The molecule has 1 aromatic carbocycles. The average molecular weight is 536 g/mol. The number of hydrogen-bond donors (Lipinski definition) is 3. The van der Waals surface area contributed by atoms with Crippen molar-refractivity contribution in [2.75, 3.05) is 60.7 Å². The van der Waals surface area contributed by atoms with Gasteiger partial charge in [0, 0.05) is 45.4 Å². The van der Waals surface area contributed by atoms with Crippen molar-refractivity contribution in [3.63, 3.8) is 0 Å².